The van der Waals surface area contributed by atoms with E-state index in [0.29, 0.717) is 16.5 Å². The molecule has 0 spiro atoms. The van der Waals surface area contributed by atoms with E-state index in [1.807, 2.05) is 32.0 Å². The maximum atomic E-state index is 12.4. The topological polar surface area (TPSA) is 88.3 Å². The Kier molecular flexibility index (Phi) is 5.07. The molecule has 3 aromatic rings. The number of aromatic nitrogens is 1. The molecular formula is C21H20N2O4. The van der Waals surface area contributed by atoms with Gasteiger partial charge in [0.2, 0.25) is 0 Å². The Labute approximate surface area is 156 Å². The van der Waals surface area contributed by atoms with Crippen molar-refractivity contribution >= 4 is 28.3 Å². The molecule has 0 saturated carbocycles. The van der Waals surface area contributed by atoms with Crippen LogP contribution in [0.2, 0.25) is 0 Å². The normalized spacial score (nSPS) is 11.8. The second-order valence-electron chi connectivity index (χ2n) is 6.40. The summed E-state index contributed by atoms with van der Waals surface area (Å²) >= 11 is 0. The van der Waals surface area contributed by atoms with Gasteiger partial charge in [0.05, 0.1) is 0 Å². The molecule has 138 valence electrons. The fraction of sp³-hybridized carbons (Fsp3) is 0.190. The van der Waals surface area contributed by atoms with Crippen LogP contribution in [0.4, 0.5) is 5.69 Å². The van der Waals surface area contributed by atoms with Gasteiger partial charge in [-0.2, -0.15) is 0 Å². The lowest BCUT2D eigenvalue weighted by Crippen LogP contribution is -2.31. The molecule has 0 aliphatic rings. The number of carbonyl (C=O) groups is 2. The van der Waals surface area contributed by atoms with Crippen LogP contribution in [0.3, 0.4) is 0 Å². The molecule has 1 aromatic heterocycles. The predicted octanol–water partition coefficient (Wildman–Crippen LogP) is 3.33. The number of hydrogen-bond acceptors (Lipinski definition) is 4. The van der Waals surface area contributed by atoms with E-state index in [-0.39, 0.29) is 11.3 Å². The van der Waals surface area contributed by atoms with Gasteiger partial charge < -0.3 is 15.0 Å². The Morgan fingerprint density at radius 3 is 2.41 bits per heavy atom. The number of ether oxygens (including phenoxy) is 1. The van der Waals surface area contributed by atoms with Crippen LogP contribution in [-0.4, -0.2) is 23.0 Å². The number of para-hydroxylation sites is 1. The zero-order chi connectivity index (χ0) is 19.6. The maximum absolute atomic E-state index is 12.4. The number of esters is 1. The molecule has 0 bridgehead atoms. The highest BCUT2D eigenvalue weighted by Crippen LogP contribution is 2.20. The van der Waals surface area contributed by atoms with Crippen molar-refractivity contribution in [3.63, 3.8) is 0 Å². The number of rotatable bonds is 4. The summed E-state index contributed by atoms with van der Waals surface area (Å²) in [7, 11) is 0. The van der Waals surface area contributed by atoms with Gasteiger partial charge in [-0.05, 0) is 49.4 Å². The van der Waals surface area contributed by atoms with Crippen LogP contribution in [-0.2, 0) is 9.53 Å². The average molecular weight is 364 g/mol. The van der Waals surface area contributed by atoms with Gasteiger partial charge >= 0.3 is 5.97 Å². The summed E-state index contributed by atoms with van der Waals surface area (Å²) in [6, 6.07) is 14.1. The Hall–Kier alpha value is -3.41. The SMILES string of the molecule is Cc1cccc(C)c1NC(=O)[C@@H](C)OC(=O)c1cc2ccccc2c(=O)[nH]1. The monoisotopic (exact) mass is 364 g/mol. The van der Waals surface area contributed by atoms with Crippen molar-refractivity contribution in [2.75, 3.05) is 5.32 Å². The van der Waals surface area contributed by atoms with E-state index in [9.17, 15) is 14.4 Å². The van der Waals surface area contributed by atoms with E-state index < -0.39 is 18.0 Å². The summed E-state index contributed by atoms with van der Waals surface area (Å²) in [4.78, 5) is 39.4. The third-order valence-corrected chi connectivity index (χ3v) is 4.36. The van der Waals surface area contributed by atoms with E-state index >= 15 is 0 Å². The Bertz CT molecular complexity index is 1060. The molecule has 27 heavy (non-hydrogen) atoms. The van der Waals surface area contributed by atoms with E-state index in [1.165, 1.54) is 13.0 Å². The lowest BCUT2D eigenvalue weighted by molar-refractivity contribution is -0.123. The Balaban J connectivity index is 1.75. The number of amides is 1. The zero-order valence-electron chi connectivity index (χ0n) is 15.3. The number of aromatic amines is 1. The number of hydrogen-bond donors (Lipinski definition) is 2. The van der Waals surface area contributed by atoms with Crippen LogP contribution < -0.4 is 10.9 Å². The molecular weight excluding hydrogens is 344 g/mol. The van der Waals surface area contributed by atoms with Gasteiger partial charge in [-0.3, -0.25) is 9.59 Å². The van der Waals surface area contributed by atoms with Crippen molar-refractivity contribution < 1.29 is 14.3 Å². The van der Waals surface area contributed by atoms with Crippen molar-refractivity contribution in [2.45, 2.75) is 26.9 Å². The summed E-state index contributed by atoms with van der Waals surface area (Å²) in [6.45, 7) is 5.26. The first-order valence-electron chi connectivity index (χ1n) is 8.57. The van der Waals surface area contributed by atoms with Crippen molar-refractivity contribution in [3.05, 3.63) is 75.7 Å². The highest BCUT2D eigenvalue weighted by atomic mass is 16.5. The minimum absolute atomic E-state index is 0.00502. The zero-order valence-corrected chi connectivity index (χ0v) is 15.3. The van der Waals surface area contributed by atoms with Crippen molar-refractivity contribution in [1.29, 1.82) is 0 Å². The van der Waals surface area contributed by atoms with Crippen LogP contribution >= 0.6 is 0 Å². The molecule has 0 fully saturated rings. The molecule has 6 nitrogen and oxygen atoms in total. The van der Waals surface area contributed by atoms with E-state index in [1.54, 1.807) is 24.3 Å². The van der Waals surface area contributed by atoms with E-state index in [0.717, 1.165) is 11.1 Å². The second-order valence-corrected chi connectivity index (χ2v) is 6.40. The van der Waals surface area contributed by atoms with Crippen molar-refractivity contribution in [3.8, 4) is 0 Å². The maximum Gasteiger partial charge on any atom is 0.355 e. The smallest absolute Gasteiger partial charge is 0.355 e. The van der Waals surface area contributed by atoms with Gasteiger partial charge in [0.15, 0.2) is 6.10 Å². The molecule has 0 aliphatic carbocycles. The minimum atomic E-state index is -1.02. The van der Waals surface area contributed by atoms with Gasteiger partial charge in [-0.1, -0.05) is 36.4 Å². The number of nitrogens with one attached hydrogen (secondary N) is 2. The van der Waals surface area contributed by atoms with Crippen LogP contribution in [0.1, 0.15) is 28.5 Å². The predicted molar refractivity (Wildman–Crippen MR) is 104 cm³/mol. The first kappa shape index (κ1) is 18.4. The molecule has 0 unspecified atom stereocenters. The molecule has 3 rings (SSSR count). The Morgan fingerprint density at radius 2 is 1.70 bits per heavy atom. The van der Waals surface area contributed by atoms with Gasteiger partial charge in [0.25, 0.3) is 11.5 Å². The molecule has 0 radical (unpaired) electrons. The van der Waals surface area contributed by atoms with Crippen LogP contribution in [0.5, 0.6) is 0 Å². The molecule has 2 aromatic carbocycles. The lowest BCUT2D eigenvalue weighted by atomic mass is 10.1. The summed E-state index contributed by atoms with van der Waals surface area (Å²) in [6.07, 6.45) is -1.02. The van der Waals surface area contributed by atoms with Gasteiger partial charge in [-0.25, -0.2) is 4.79 Å². The van der Waals surface area contributed by atoms with E-state index in [2.05, 4.69) is 10.3 Å². The number of pyridine rings is 1. The van der Waals surface area contributed by atoms with Crippen molar-refractivity contribution in [2.24, 2.45) is 0 Å². The summed E-state index contributed by atoms with van der Waals surface area (Å²) in [5, 5.41) is 3.90. The number of aryl methyl sites for hydroxylation is 2. The highest BCUT2D eigenvalue weighted by Gasteiger charge is 2.21. The molecule has 0 aliphatic heterocycles. The minimum Gasteiger partial charge on any atom is -0.448 e. The third kappa shape index (κ3) is 3.89. The molecule has 6 heteroatoms. The van der Waals surface area contributed by atoms with Gasteiger partial charge in [0.1, 0.15) is 5.69 Å². The number of fused-ring (bicyclic) bond motifs is 1. The van der Waals surface area contributed by atoms with Crippen LogP contribution in [0.15, 0.2) is 53.3 Å². The fourth-order valence-corrected chi connectivity index (χ4v) is 2.83. The van der Waals surface area contributed by atoms with E-state index in [4.69, 9.17) is 4.74 Å². The largest absolute Gasteiger partial charge is 0.448 e. The van der Waals surface area contributed by atoms with Crippen molar-refractivity contribution in [1.82, 2.24) is 4.98 Å². The lowest BCUT2D eigenvalue weighted by Gasteiger charge is -2.16. The molecule has 0 saturated heterocycles. The second kappa shape index (κ2) is 7.45. The molecule has 1 heterocycles. The highest BCUT2D eigenvalue weighted by molar-refractivity contribution is 5.98. The summed E-state index contributed by atoms with van der Waals surface area (Å²) in [5.74, 6) is -1.20. The Morgan fingerprint density at radius 1 is 1.04 bits per heavy atom. The quantitative estimate of drug-likeness (QED) is 0.695. The first-order valence-corrected chi connectivity index (χ1v) is 8.57. The number of H-pyrrole nitrogens is 1. The number of anilines is 1. The summed E-state index contributed by atoms with van der Waals surface area (Å²) in [5.41, 5.74) is 2.16. The van der Waals surface area contributed by atoms with Gasteiger partial charge in [0, 0.05) is 11.1 Å². The average Bonchev–Trinajstić information content (AvgIpc) is 2.64. The summed E-state index contributed by atoms with van der Waals surface area (Å²) < 4.78 is 5.23. The third-order valence-electron chi connectivity index (χ3n) is 4.36. The standard InChI is InChI=1S/C21H20N2O4/c1-12-7-6-8-13(2)18(12)23-19(24)14(3)27-21(26)17-11-15-9-4-5-10-16(15)20(25)22-17/h4-11,14H,1-3H3,(H,22,25)(H,23,24)/t14-/m1/s1. The van der Waals surface area contributed by atoms with Crippen LogP contribution in [0.25, 0.3) is 10.8 Å². The number of carbonyl (C=O) groups excluding carboxylic acids is 2. The number of benzene rings is 2. The first-order chi connectivity index (χ1) is 12.9. The van der Waals surface area contributed by atoms with Gasteiger partial charge in [-0.15, -0.1) is 0 Å². The molecule has 1 amide bonds. The molecule has 2 N–H and O–H groups in total. The fourth-order valence-electron chi connectivity index (χ4n) is 2.83. The molecule has 1 atom stereocenters. The van der Waals surface area contributed by atoms with Crippen LogP contribution in [0, 0.1) is 13.8 Å².